The minimum absolute atomic E-state index is 0.0447. The van der Waals surface area contributed by atoms with Gasteiger partial charge in [-0.15, -0.1) is 0 Å². The van der Waals surface area contributed by atoms with Crippen molar-refractivity contribution in [2.75, 3.05) is 18.4 Å². The lowest BCUT2D eigenvalue weighted by Gasteiger charge is -2.17. The van der Waals surface area contributed by atoms with E-state index >= 15 is 0 Å². The number of aryl methyl sites for hydroxylation is 1. The minimum atomic E-state index is -3.99. The first-order chi connectivity index (χ1) is 16.7. The molecule has 0 radical (unpaired) electrons. The standard InChI is InChI=1S/C26H28N2O6S/c1-4-34-22-14-12-21(13-15-22)28-35(31,32)24-17-20(11-10-18(24)2)25(29)27-23(26(30)33-3)16-19-8-6-5-7-9-19/h5-15,17,23,28H,4,16H2,1-3H3,(H,27,29)/t23-/m1/s1. The fourth-order valence-corrected chi connectivity index (χ4v) is 4.78. The van der Waals surface area contributed by atoms with Crippen molar-refractivity contribution in [3.05, 3.63) is 89.5 Å². The number of hydrogen-bond donors (Lipinski definition) is 2. The number of rotatable bonds is 10. The Morgan fingerprint density at radius 2 is 1.66 bits per heavy atom. The normalized spacial score (nSPS) is 11.9. The SMILES string of the molecule is CCOc1ccc(NS(=O)(=O)c2cc(C(=O)N[C@H](Cc3ccccc3)C(=O)OC)ccc2C)cc1. The Hall–Kier alpha value is -3.85. The summed E-state index contributed by atoms with van der Waals surface area (Å²) in [6, 6.07) is 19.1. The van der Waals surface area contributed by atoms with Gasteiger partial charge in [0.05, 0.1) is 18.6 Å². The molecule has 8 nitrogen and oxygen atoms in total. The lowest BCUT2D eigenvalue weighted by Crippen LogP contribution is -2.43. The first kappa shape index (κ1) is 25.8. The van der Waals surface area contributed by atoms with Gasteiger partial charge >= 0.3 is 5.97 Å². The molecule has 3 aromatic carbocycles. The lowest BCUT2D eigenvalue weighted by molar-refractivity contribution is -0.142. The molecule has 0 fully saturated rings. The summed E-state index contributed by atoms with van der Waals surface area (Å²) < 4.78 is 38.9. The second-order valence-corrected chi connectivity index (χ2v) is 9.43. The van der Waals surface area contributed by atoms with Crippen LogP contribution >= 0.6 is 0 Å². The minimum Gasteiger partial charge on any atom is -0.494 e. The highest BCUT2D eigenvalue weighted by molar-refractivity contribution is 7.92. The summed E-state index contributed by atoms with van der Waals surface area (Å²) in [6.07, 6.45) is 0.232. The molecule has 0 saturated carbocycles. The molecule has 0 aliphatic heterocycles. The average Bonchev–Trinajstić information content (AvgIpc) is 2.85. The summed E-state index contributed by atoms with van der Waals surface area (Å²) >= 11 is 0. The number of carbonyl (C=O) groups excluding carboxylic acids is 2. The molecule has 0 aliphatic rings. The van der Waals surface area contributed by atoms with Gasteiger partial charge < -0.3 is 14.8 Å². The maximum absolute atomic E-state index is 13.1. The van der Waals surface area contributed by atoms with Gasteiger partial charge in [-0.25, -0.2) is 13.2 Å². The molecule has 3 aromatic rings. The number of carbonyl (C=O) groups is 2. The molecule has 0 bridgehead atoms. The molecule has 0 aliphatic carbocycles. The predicted octanol–water partition coefficient (Wildman–Crippen LogP) is 3.71. The van der Waals surface area contributed by atoms with E-state index in [-0.39, 0.29) is 16.9 Å². The lowest BCUT2D eigenvalue weighted by atomic mass is 10.1. The van der Waals surface area contributed by atoms with Crippen LogP contribution in [0.1, 0.15) is 28.4 Å². The summed E-state index contributed by atoms with van der Waals surface area (Å²) in [6.45, 7) is 4.00. The summed E-state index contributed by atoms with van der Waals surface area (Å²) in [7, 11) is -2.74. The molecular weight excluding hydrogens is 468 g/mol. The molecule has 1 amide bonds. The molecule has 0 aromatic heterocycles. The molecule has 0 saturated heterocycles. The third kappa shape index (κ3) is 6.83. The average molecular weight is 497 g/mol. The van der Waals surface area contributed by atoms with Crippen LogP contribution in [0.15, 0.2) is 77.7 Å². The molecular formula is C26H28N2O6S. The Kier molecular flexibility index (Phi) is 8.48. The number of benzene rings is 3. The van der Waals surface area contributed by atoms with Crippen LogP contribution in [0.4, 0.5) is 5.69 Å². The summed E-state index contributed by atoms with van der Waals surface area (Å²) in [5, 5.41) is 2.66. The van der Waals surface area contributed by atoms with E-state index in [1.54, 1.807) is 37.3 Å². The summed E-state index contributed by atoms with van der Waals surface area (Å²) in [4.78, 5) is 25.2. The second kappa shape index (κ2) is 11.5. The topological polar surface area (TPSA) is 111 Å². The molecule has 0 spiro atoms. The molecule has 2 N–H and O–H groups in total. The molecule has 9 heteroatoms. The quantitative estimate of drug-likeness (QED) is 0.414. The van der Waals surface area contributed by atoms with Gasteiger partial charge in [0.1, 0.15) is 11.8 Å². The molecule has 0 heterocycles. The highest BCUT2D eigenvalue weighted by Gasteiger charge is 2.24. The van der Waals surface area contributed by atoms with E-state index < -0.39 is 27.9 Å². The number of esters is 1. The summed E-state index contributed by atoms with van der Waals surface area (Å²) in [5.74, 6) is -0.561. The van der Waals surface area contributed by atoms with Gasteiger partial charge in [0.25, 0.3) is 15.9 Å². The Morgan fingerprint density at radius 1 is 0.971 bits per heavy atom. The van der Waals surface area contributed by atoms with E-state index in [2.05, 4.69) is 10.0 Å². The van der Waals surface area contributed by atoms with Crippen LogP contribution < -0.4 is 14.8 Å². The maximum atomic E-state index is 13.1. The van der Waals surface area contributed by atoms with Crippen molar-refractivity contribution in [1.82, 2.24) is 5.32 Å². The Bertz CT molecular complexity index is 1270. The van der Waals surface area contributed by atoms with Crippen LogP contribution in [-0.2, 0) is 26.0 Å². The zero-order valence-corrected chi connectivity index (χ0v) is 20.6. The van der Waals surface area contributed by atoms with Crippen molar-refractivity contribution >= 4 is 27.6 Å². The van der Waals surface area contributed by atoms with Gasteiger partial charge in [0, 0.05) is 17.7 Å². The third-order valence-electron chi connectivity index (χ3n) is 5.23. The zero-order chi connectivity index (χ0) is 25.4. The second-order valence-electron chi connectivity index (χ2n) is 7.78. The van der Waals surface area contributed by atoms with Gasteiger partial charge in [0.15, 0.2) is 0 Å². The smallest absolute Gasteiger partial charge is 0.328 e. The van der Waals surface area contributed by atoms with Crippen molar-refractivity contribution in [2.45, 2.75) is 31.2 Å². The highest BCUT2D eigenvalue weighted by atomic mass is 32.2. The van der Waals surface area contributed by atoms with Crippen LogP contribution in [0.5, 0.6) is 5.75 Å². The molecule has 1 atom stereocenters. The van der Waals surface area contributed by atoms with Crippen LogP contribution in [-0.4, -0.2) is 40.1 Å². The molecule has 0 unspecified atom stereocenters. The number of amides is 1. The van der Waals surface area contributed by atoms with Crippen LogP contribution in [0.25, 0.3) is 0 Å². The van der Waals surface area contributed by atoms with E-state index in [4.69, 9.17) is 9.47 Å². The third-order valence-corrected chi connectivity index (χ3v) is 6.75. The number of hydrogen-bond acceptors (Lipinski definition) is 6. The monoisotopic (exact) mass is 496 g/mol. The summed E-state index contributed by atoms with van der Waals surface area (Å²) in [5.41, 5.74) is 1.77. The van der Waals surface area contributed by atoms with Crippen molar-refractivity contribution in [2.24, 2.45) is 0 Å². The zero-order valence-electron chi connectivity index (χ0n) is 19.8. The fraction of sp³-hybridized carbons (Fsp3) is 0.231. The number of methoxy groups -OCH3 is 1. The van der Waals surface area contributed by atoms with Crippen molar-refractivity contribution in [3.63, 3.8) is 0 Å². The van der Waals surface area contributed by atoms with Gasteiger partial charge in [-0.1, -0.05) is 36.4 Å². The van der Waals surface area contributed by atoms with Crippen molar-refractivity contribution < 1.29 is 27.5 Å². The van der Waals surface area contributed by atoms with E-state index in [9.17, 15) is 18.0 Å². The first-order valence-electron chi connectivity index (χ1n) is 11.0. The highest BCUT2D eigenvalue weighted by Crippen LogP contribution is 2.23. The number of sulfonamides is 1. The number of nitrogens with one attached hydrogen (secondary N) is 2. The number of anilines is 1. The van der Waals surface area contributed by atoms with Crippen LogP contribution in [0.3, 0.4) is 0 Å². The number of ether oxygens (including phenoxy) is 2. The van der Waals surface area contributed by atoms with Gasteiger partial charge in [-0.3, -0.25) is 9.52 Å². The fourth-order valence-electron chi connectivity index (χ4n) is 3.45. The van der Waals surface area contributed by atoms with Gasteiger partial charge in [-0.2, -0.15) is 0 Å². The predicted molar refractivity (Wildman–Crippen MR) is 133 cm³/mol. The molecule has 3 rings (SSSR count). The van der Waals surface area contributed by atoms with Gasteiger partial charge in [0.2, 0.25) is 0 Å². The molecule has 35 heavy (non-hydrogen) atoms. The maximum Gasteiger partial charge on any atom is 0.328 e. The van der Waals surface area contributed by atoms with Crippen LogP contribution in [0, 0.1) is 6.92 Å². The molecule has 184 valence electrons. The Balaban J connectivity index is 1.81. The van der Waals surface area contributed by atoms with Gasteiger partial charge in [-0.05, 0) is 61.4 Å². The van der Waals surface area contributed by atoms with Crippen molar-refractivity contribution in [3.8, 4) is 5.75 Å². The largest absolute Gasteiger partial charge is 0.494 e. The van der Waals surface area contributed by atoms with Crippen LogP contribution in [0.2, 0.25) is 0 Å². The Labute approximate surface area is 205 Å². The van der Waals surface area contributed by atoms with E-state index in [0.717, 1.165) is 5.56 Å². The first-order valence-corrected chi connectivity index (χ1v) is 12.5. The van der Waals surface area contributed by atoms with E-state index in [1.807, 2.05) is 37.3 Å². The van der Waals surface area contributed by atoms with E-state index in [1.165, 1.54) is 19.2 Å². The van der Waals surface area contributed by atoms with E-state index in [0.29, 0.717) is 23.6 Å². The Morgan fingerprint density at radius 3 is 2.29 bits per heavy atom. The van der Waals surface area contributed by atoms with Crippen molar-refractivity contribution in [1.29, 1.82) is 0 Å².